The van der Waals surface area contributed by atoms with Gasteiger partial charge < -0.3 is 19.7 Å². The third-order valence-corrected chi connectivity index (χ3v) is 1.34. The van der Waals surface area contributed by atoms with Crippen LogP contribution in [0.5, 0.6) is 0 Å². The lowest BCUT2D eigenvalue weighted by molar-refractivity contribution is -0.219. The van der Waals surface area contributed by atoms with Gasteiger partial charge in [0.2, 0.25) is 0 Å². The Morgan fingerprint density at radius 1 is 1.40 bits per heavy atom. The van der Waals surface area contributed by atoms with Crippen molar-refractivity contribution in [2.75, 3.05) is 6.61 Å². The summed E-state index contributed by atoms with van der Waals surface area (Å²) in [6, 6.07) is 0. The Kier molecular flexibility index (Phi) is 5.24. The predicted octanol–water partition coefficient (Wildman–Crippen LogP) is 0.138. The number of carboxylic acids is 1. The number of carbonyl (C=O) groups is 2. The zero-order chi connectivity index (χ0) is 12.1. The standard InChI is InChI=1S/C9H16O6/c1-4-14-8(12)6(5-7(10)11)15-9(2,3)13/h6,13H,4-5H2,1-3H3,(H,10,11). The summed E-state index contributed by atoms with van der Waals surface area (Å²) in [5.41, 5.74) is 0. The Hall–Kier alpha value is -1.14. The van der Waals surface area contributed by atoms with E-state index in [1.165, 1.54) is 13.8 Å². The van der Waals surface area contributed by atoms with Gasteiger partial charge in [0.1, 0.15) is 0 Å². The summed E-state index contributed by atoms with van der Waals surface area (Å²) < 4.78 is 9.48. The number of ether oxygens (including phenoxy) is 2. The van der Waals surface area contributed by atoms with Crippen LogP contribution in [0.4, 0.5) is 0 Å². The molecule has 0 heterocycles. The molecular weight excluding hydrogens is 204 g/mol. The monoisotopic (exact) mass is 220 g/mol. The first-order chi connectivity index (χ1) is 6.76. The Morgan fingerprint density at radius 2 is 1.93 bits per heavy atom. The maximum atomic E-state index is 11.2. The summed E-state index contributed by atoms with van der Waals surface area (Å²) in [6.45, 7) is 4.34. The number of aliphatic hydroxyl groups is 1. The lowest BCUT2D eigenvalue weighted by Crippen LogP contribution is -2.37. The van der Waals surface area contributed by atoms with Crippen LogP contribution >= 0.6 is 0 Å². The van der Waals surface area contributed by atoms with Gasteiger partial charge in [-0.05, 0) is 20.8 Å². The fraction of sp³-hybridized carbons (Fsp3) is 0.778. The van der Waals surface area contributed by atoms with Gasteiger partial charge in [-0.2, -0.15) is 0 Å². The van der Waals surface area contributed by atoms with E-state index in [0.29, 0.717) is 0 Å². The Labute approximate surface area is 87.8 Å². The molecule has 2 N–H and O–H groups in total. The molecule has 0 radical (unpaired) electrons. The fourth-order valence-electron chi connectivity index (χ4n) is 0.915. The third-order valence-electron chi connectivity index (χ3n) is 1.34. The van der Waals surface area contributed by atoms with Crippen LogP contribution in [-0.4, -0.2) is 40.6 Å². The summed E-state index contributed by atoms with van der Waals surface area (Å²) in [7, 11) is 0. The van der Waals surface area contributed by atoms with E-state index in [-0.39, 0.29) is 6.61 Å². The molecule has 0 aliphatic heterocycles. The molecule has 0 bridgehead atoms. The number of carboxylic acid groups (broad SMARTS) is 1. The van der Waals surface area contributed by atoms with Crippen LogP contribution in [-0.2, 0) is 19.1 Å². The molecule has 0 aliphatic rings. The van der Waals surface area contributed by atoms with Crippen molar-refractivity contribution in [3.05, 3.63) is 0 Å². The molecule has 1 atom stereocenters. The lowest BCUT2D eigenvalue weighted by atomic mass is 10.2. The molecule has 0 amide bonds. The molecule has 0 aromatic rings. The van der Waals surface area contributed by atoms with Gasteiger partial charge in [0.25, 0.3) is 0 Å². The summed E-state index contributed by atoms with van der Waals surface area (Å²) in [5.74, 6) is -3.56. The molecule has 0 aromatic heterocycles. The minimum Gasteiger partial charge on any atom is -0.481 e. The smallest absolute Gasteiger partial charge is 0.335 e. The molecule has 6 heteroatoms. The van der Waals surface area contributed by atoms with Crippen LogP contribution in [0, 0.1) is 0 Å². The van der Waals surface area contributed by atoms with Gasteiger partial charge in [-0.1, -0.05) is 0 Å². The highest BCUT2D eigenvalue weighted by Gasteiger charge is 2.29. The molecular formula is C9H16O6. The molecule has 0 spiro atoms. The van der Waals surface area contributed by atoms with Crippen LogP contribution in [0.2, 0.25) is 0 Å². The number of hydrogen-bond acceptors (Lipinski definition) is 5. The zero-order valence-corrected chi connectivity index (χ0v) is 9.02. The number of carbonyl (C=O) groups excluding carboxylic acids is 1. The molecule has 0 fully saturated rings. The molecule has 0 aromatic carbocycles. The van der Waals surface area contributed by atoms with E-state index in [4.69, 9.17) is 9.84 Å². The van der Waals surface area contributed by atoms with Crippen LogP contribution in [0.25, 0.3) is 0 Å². The van der Waals surface area contributed by atoms with Crippen LogP contribution < -0.4 is 0 Å². The highest BCUT2D eigenvalue weighted by Crippen LogP contribution is 2.12. The van der Waals surface area contributed by atoms with Crippen molar-refractivity contribution < 1.29 is 29.3 Å². The second-order valence-electron chi connectivity index (χ2n) is 3.40. The molecule has 1 unspecified atom stereocenters. The lowest BCUT2D eigenvalue weighted by Gasteiger charge is -2.23. The zero-order valence-electron chi connectivity index (χ0n) is 9.02. The normalized spacial score (nSPS) is 13.3. The highest BCUT2D eigenvalue weighted by molar-refractivity contribution is 5.81. The van der Waals surface area contributed by atoms with Crippen LogP contribution in [0.1, 0.15) is 27.2 Å². The van der Waals surface area contributed by atoms with E-state index >= 15 is 0 Å². The fourth-order valence-corrected chi connectivity index (χ4v) is 0.915. The number of hydrogen-bond donors (Lipinski definition) is 2. The van der Waals surface area contributed by atoms with Crippen molar-refractivity contribution >= 4 is 11.9 Å². The summed E-state index contributed by atoms with van der Waals surface area (Å²) in [4.78, 5) is 21.7. The van der Waals surface area contributed by atoms with Crippen molar-refractivity contribution in [3.8, 4) is 0 Å². The van der Waals surface area contributed by atoms with Crippen LogP contribution in [0.3, 0.4) is 0 Å². The minimum absolute atomic E-state index is 0.129. The molecule has 88 valence electrons. The first kappa shape index (κ1) is 13.9. The van der Waals surface area contributed by atoms with E-state index in [1.807, 2.05) is 0 Å². The molecule has 0 aliphatic carbocycles. The first-order valence-electron chi connectivity index (χ1n) is 4.55. The van der Waals surface area contributed by atoms with Gasteiger partial charge in [0, 0.05) is 0 Å². The number of esters is 1. The number of rotatable bonds is 6. The maximum absolute atomic E-state index is 11.2. The van der Waals surface area contributed by atoms with Gasteiger partial charge in [0.15, 0.2) is 11.9 Å². The van der Waals surface area contributed by atoms with E-state index in [9.17, 15) is 14.7 Å². The van der Waals surface area contributed by atoms with Crippen LogP contribution in [0.15, 0.2) is 0 Å². The highest BCUT2D eigenvalue weighted by atomic mass is 16.6. The minimum atomic E-state index is -1.58. The average Bonchev–Trinajstić information content (AvgIpc) is 1.99. The summed E-state index contributed by atoms with van der Waals surface area (Å²) in [5, 5.41) is 17.8. The van der Waals surface area contributed by atoms with E-state index < -0.39 is 30.3 Å². The molecule has 0 saturated carbocycles. The van der Waals surface area contributed by atoms with Crippen molar-refractivity contribution in [1.82, 2.24) is 0 Å². The maximum Gasteiger partial charge on any atom is 0.335 e. The average molecular weight is 220 g/mol. The Morgan fingerprint density at radius 3 is 2.27 bits per heavy atom. The van der Waals surface area contributed by atoms with Gasteiger partial charge in [-0.15, -0.1) is 0 Å². The quantitative estimate of drug-likeness (QED) is 0.488. The van der Waals surface area contributed by atoms with Crippen molar-refractivity contribution in [2.45, 2.75) is 39.1 Å². The van der Waals surface area contributed by atoms with Gasteiger partial charge >= 0.3 is 11.9 Å². The van der Waals surface area contributed by atoms with Gasteiger partial charge in [-0.3, -0.25) is 4.79 Å². The van der Waals surface area contributed by atoms with Crippen molar-refractivity contribution in [1.29, 1.82) is 0 Å². The largest absolute Gasteiger partial charge is 0.481 e. The summed E-state index contributed by atoms with van der Waals surface area (Å²) in [6.07, 6.45) is -1.83. The third kappa shape index (κ3) is 6.87. The number of aliphatic carboxylic acids is 1. The van der Waals surface area contributed by atoms with E-state index in [0.717, 1.165) is 0 Å². The topological polar surface area (TPSA) is 93.1 Å². The SMILES string of the molecule is CCOC(=O)C(CC(=O)O)OC(C)(C)O. The van der Waals surface area contributed by atoms with Gasteiger partial charge in [0.05, 0.1) is 13.0 Å². The molecule has 6 nitrogen and oxygen atoms in total. The second kappa shape index (κ2) is 5.67. The first-order valence-corrected chi connectivity index (χ1v) is 4.55. The van der Waals surface area contributed by atoms with Crippen molar-refractivity contribution in [3.63, 3.8) is 0 Å². The molecule has 0 saturated heterocycles. The Bertz CT molecular complexity index is 229. The predicted molar refractivity (Wildman–Crippen MR) is 50.1 cm³/mol. The van der Waals surface area contributed by atoms with E-state index in [1.54, 1.807) is 6.92 Å². The summed E-state index contributed by atoms with van der Waals surface area (Å²) >= 11 is 0. The van der Waals surface area contributed by atoms with E-state index in [2.05, 4.69) is 4.74 Å². The van der Waals surface area contributed by atoms with Crippen molar-refractivity contribution in [2.24, 2.45) is 0 Å². The second-order valence-corrected chi connectivity index (χ2v) is 3.40. The molecule has 15 heavy (non-hydrogen) atoms. The molecule has 0 rings (SSSR count). The van der Waals surface area contributed by atoms with Gasteiger partial charge in [-0.25, -0.2) is 4.79 Å². The Balaban J connectivity index is 4.44.